The summed E-state index contributed by atoms with van der Waals surface area (Å²) >= 11 is 0. The highest BCUT2D eigenvalue weighted by molar-refractivity contribution is 6.16. The standard InChI is InChI=1S/C11H10O3/c12-7-11-6-2-1-3-8(11)9(13)4-5-10(11)14/h1-2,4-5,7-8H,3,6H2. The van der Waals surface area contributed by atoms with Crippen molar-refractivity contribution in [2.24, 2.45) is 11.3 Å². The summed E-state index contributed by atoms with van der Waals surface area (Å²) in [5, 5.41) is 0. The van der Waals surface area contributed by atoms with Crippen molar-refractivity contribution in [1.82, 2.24) is 0 Å². The first-order chi connectivity index (χ1) is 6.70. The van der Waals surface area contributed by atoms with Crippen molar-refractivity contribution in [1.29, 1.82) is 0 Å². The molecule has 3 nitrogen and oxygen atoms in total. The van der Waals surface area contributed by atoms with E-state index in [9.17, 15) is 14.4 Å². The van der Waals surface area contributed by atoms with Crippen LogP contribution >= 0.6 is 0 Å². The quantitative estimate of drug-likeness (QED) is 0.350. The van der Waals surface area contributed by atoms with Crippen molar-refractivity contribution in [2.75, 3.05) is 0 Å². The Balaban J connectivity index is 2.52. The molecule has 0 aromatic carbocycles. The zero-order valence-corrected chi connectivity index (χ0v) is 7.60. The number of ketones is 2. The van der Waals surface area contributed by atoms with Gasteiger partial charge in [-0.2, -0.15) is 0 Å². The van der Waals surface area contributed by atoms with Crippen LogP contribution in [0.5, 0.6) is 0 Å². The smallest absolute Gasteiger partial charge is 0.170 e. The topological polar surface area (TPSA) is 51.2 Å². The molecular formula is C11H10O3. The van der Waals surface area contributed by atoms with E-state index >= 15 is 0 Å². The molecule has 0 aromatic rings. The van der Waals surface area contributed by atoms with Gasteiger partial charge in [-0.05, 0) is 25.0 Å². The fraction of sp³-hybridized carbons (Fsp3) is 0.364. The fourth-order valence-corrected chi connectivity index (χ4v) is 2.12. The van der Waals surface area contributed by atoms with Gasteiger partial charge in [0.05, 0.1) is 0 Å². The summed E-state index contributed by atoms with van der Waals surface area (Å²) in [6, 6.07) is 0. The summed E-state index contributed by atoms with van der Waals surface area (Å²) in [6.45, 7) is 0. The second-order valence-electron chi connectivity index (χ2n) is 3.72. The van der Waals surface area contributed by atoms with Crippen LogP contribution in [-0.4, -0.2) is 17.9 Å². The Hall–Kier alpha value is -1.51. The molecule has 0 amide bonds. The number of allylic oxidation sites excluding steroid dienone is 4. The molecule has 0 radical (unpaired) electrons. The Bertz CT molecular complexity index is 365. The number of hydrogen-bond acceptors (Lipinski definition) is 3. The Morgan fingerprint density at radius 1 is 1.29 bits per heavy atom. The highest BCUT2D eigenvalue weighted by atomic mass is 16.2. The molecule has 0 saturated heterocycles. The van der Waals surface area contributed by atoms with Gasteiger partial charge < -0.3 is 4.79 Å². The van der Waals surface area contributed by atoms with Crippen molar-refractivity contribution in [3.05, 3.63) is 24.3 Å². The average Bonchev–Trinajstić information content (AvgIpc) is 2.24. The molecule has 2 aliphatic rings. The lowest BCUT2D eigenvalue weighted by Crippen LogP contribution is -2.46. The van der Waals surface area contributed by atoms with Crippen LogP contribution in [0, 0.1) is 11.3 Å². The predicted octanol–water partition coefficient (Wildman–Crippen LogP) is 0.846. The highest BCUT2D eigenvalue weighted by Crippen LogP contribution is 2.40. The lowest BCUT2D eigenvalue weighted by Gasteiger charge is -2.35. The predicted molar refractivity (Wildman–Crippen MR) is 49.5 cm³/mol. The van der Waals surface area contributed by atoms with E-state index in [1.165, 1.54) is 12.2 Å². The summed E-state index contributed by atoms with van der Waals surface area (Å²) in [6.07, 6.45) is 7.67. The molecule has 0 saturated carbocycles. The molecule has 0 fully saturated rings. The first-order valence-electron chi connectivity index (χ1n) is 4.58. The molecule has 72 valence electrons. The molecule has 0 bridgehead atoms. The number of aldehydes is 1. The first kappa shape index (κ1) is 9.06. The maximum atomic E-state index is 11.6. The van der Waals surface area contributed by atoms with Gasteiger partial charge in [-0.15, -0.1) is 0 Å². The summed E-state index contributed by atoms with van der Waals surface area (Å²) in [7, 11) is 0. The third-order valence-corrected chi connectivity index (χ3v) is 3.03. The van der Waals surface area contributed by atoms with Gasteiger partial charge in [0, 0.05) is 5.92 Å². The van der Waals surface area contributed by atoms with E-state index in [4.69, 9.17) is 0 Å². The van der Waals surface area contributed by atoms with Crippen molar-refractivity contribution in [2.45, 2.75) is 12.8 Å². The van der Waals surface area contributed by atoms with Gasteiger partial charge >= 0.3 is 0 Å². The molecule has 14 heavy (non-hydrogen) atoms. The van der Waals surface area contributed by atoms with E-state index in [1.54, 1.807) is 6.08 Å². The lowest BCUT2D eigenvalue weighted by molar-refractivity contribution is -0.142. The zero-order valence-electron chi connectivity index (χ0n) is 7.60. The van der Waals surface area contributed by atoms with Crippen LogP contribution in [0.1, 0.15) is 12.8 Å². The van der Waals surface area contributed by atoms with Crippen LogP contribution in [0.15, 0.2) is 24.3 Å². The first-order valence-corrected chi connectivity index (χ1v) is 4.58. The van der Waals surface area contributed by atoms with E-state index in [0.717, 1.165) is 0 Å². The maximum Gasteiger partial charge on any atom is 0.170 e. The Morgan fingerprint density at radius 2 is 2.07 bits per heavy atom. The van der Waals surface area contributed by atoms with E-state index < -0.39 is 11.3 Å². The normalized spacial score (nSPS) is 35.6. The maximum absolute atomic E-state index is 11.6. The lowest BCUT2D eigenvalue weighted by atomic mass is 9.63. The SMILES string of the molecule is O=CC12CC=CCC1C(=O)C=CC2=O. The molecule has 0 N–H and O–H groups in total. The van der Waals surface area contributed by atoms with Crippen LogP contribution < -0.4 is 0 Å². The Morgan fingerprint density at radius 3 is 2.71 bits per heavy atom. The van der Waals surface area contributed by atoms with Gasteiger partial charge in [-0.25, -0.2) is 0 Å². The van der Waals surface area contributed by atoms with E-state index in [0.29, 0.717) is 19.1 Å². The summed E-state index contributed by atoms with van der Waals surface area (Å²) < 4.78 is 0. The molecule has 3 heteroatoms. The van der Waals surface area contributed by atoms with Gasteiger partial charge in [-0.3, -0.25) is 9.59 Å². The second kappa shape index (κ2) is 3.01. The third kappa shape index (κ3) is 1.02. The molecule has 0 spiro atoms. The summed E-state index contributed by atoms with van der Waals surface area (Å²) in [5.41, 5.74) is -1.10. The third-order valence-electron chi connectivity index (χ3n) is 3.03. The van der Waals surface area contributed by atoms with Gasteiger partial charge in [0.25, 0.3) is 0 Å². The highest BCUT2D eigenvalue weighted by Gasteiger charge is 2.49. The van der Waals surface area contributed by atoms with Crippen molar-refractivity contribution in [3.63, 3.8) is 0 Å². The van der Waals surface area contributed by atoms with E-state index in [1.807, 2.05) is 6.08 Å². The minimum atomic E-state index is -1.10. The van der Waals surface area contributed by atoms with Gasteiger partial charge in [0.1, 0.15) is 11.7 Å². The monoisotopic (exact) mass is 190 g/mol. The minimum absolute atomic E-state index is 0.110. The number of hydrogen-bond donors (Lipinski definition) is 0. The van der Waals surface area contributed by atoms with Gasteiger partial charge in [0.15, 0.2) is 11.6 Å². The van der Waals surface area contributed by atoms with Gasteiger partial charge in [-0.1, -0.05) is 12.2 Å². The summed E-state index contributed by atoms with van der Waals surface area (Å²) in [4.78, 5) is 34.2. The largest absolute Gasteiger partial charge is 0.302 e. The zero-order chi connectivity index (χ0) is 10.2. The van der Waals surface area contributed by atoms with Crippen molar-refractivity contribution in [3.8, 4) is 0 Å². The number of fused-ring (bicyclic) bond motifs is 1. The van der Waals surface area contributed by atoms with Crippen LogP contribution in [0.4, 0.5) is 0 Å². The fourth-order valence-electron chi connectivity index (χ4n) is 2.12. The van der Waals surface area contributed by atoms with Crippen LogP contribution in [0.2, 0.25) is 0 Å². The molecule has 2 rings (SSSR count). The molecular weight excluding hydrogens is 180 g/mol. The van der Waals surface area contributed by atoms with E-state index in [-0.39, 0.29) is 11.6 Å². The minimum Gasteiger partial charge on any atom is -0.302 e. The van der Waals surface area contributed by atoms with Crippen LogP contribution in [0.3, 0.4) is 0 Å². The average molecular weight is 190 g/mol. The Kier molecular flexibility index (Phi) is 1.95. The molecule has 2 aliphatic carbocycles. The molecule has 0 aromatic heterocycles. The van der Waals surface area contributed by atoms with Gasteiger partial charge in [0.2, 0.25) is 0 Å². The molecule has 2 atom stereocenters. The number of carbonyl (C=O) groups excluding carboxylic acids is 3. The molecule has 0 aliphatic heterocycles. The van der Waals surface area contributed by atoms with Crippen LogP contribution in [0.25, 0.3) is 0 Å². The van der Waals surface area contributed by atoms with Crippen LogP contribution in [-0.2, 0) is 14.4 Å². The number of carbonyl (C=O) groups is 3. The molecule has 0 heterocycles. The molecule has 2 unspecified atom stereocenters. The van der Waals surface area contributed by atoms with Crippen molar-refractivity contribution < 1.29 is 14.4 Å². The number of rotatable bonds is 1. The summed E-state index contributed by atoms with van der Waals surface area (Å²) in [5.74, 6) is -0.815. The Labute approximate surface area is 81.5 Å². The van der Waals surface area contributed by atoms with E-state index in [2.05, 4.69) is 0 Å². The second-order valence-corrected chi connectivity index (χ2v) is 3.72. The van der Waals surface area contributed by atoms with Crippen molar-refractivity contribution >= 4 is 17.9 Å².